The molecule has 0 unspecified atom stereocenters. The molecule has 1 aliphatic heterocycles. The Labute approximate surface area is 203 Å². The molecule has 1 heterocycles. The molecule has 0 aliphatic carbocycles. The second-order valence-corrected chi connectivity index (χ2v) is 7.92. The van der Waals surface area contributed by atoms with Gasteiger partial charge in [0.2, 0.25) is 5.91 Å². The van der Waals surface area contributed by atoms with Crippen LogP contribution in [0.1, 0.15) is 16.8 Å². The largest absolute Gasteiger partial charge is 0.497 e. The van der Waals surface area contributed by atoms with E-state index in [4.69, 9.17) is 18.9 Å². The van der Waals surface area contributed by atoms with Crippen LogP contribution in [0.3, 0.4) is 0 Å². The lowest BCUT2D eigenvalue weighted by Gasteiger charge is -2.17. The summed E-state index contributed by atoms with van der Waals surface area (Å²) in [5, 5.41) is 0. The molecule has 180 valence electrons. The maximum Gasteiger partial charge on any atom is 0.311 e. The van der Waals surface area contributed by atoms with Crippen molar-refractivity contribution in [3.63, 3.8) is 0 Å². The summed E-state index contributed by atoms with van der Waals surface area (Å²) in [4.78, 5) is 39.0. The van der Waals surface area contributed by atoms with E-state index in [-0.39, 0.29) is 24.7 Å². The van der Waals surface area contributed by atoms with Crippen LogP contribution in [-0.4, -0.2) is 45.0 Å². The summed E-state index contributed by atoms with van der Waals surface area (Å²) in [5.41, 5.74) is 1.03. The van der Waals surface area contributed by atoms with Gasteiger partial charge in [-0.05, 0) is 48.5 Å². The van der Waals surface area contributed by atoms with Crippen LogP contribution in [0, 0.1) is 5.92 Å². The fourth-order valence-electron chi connectivity index (χ4n) is 3.77. The summed E-state index contributed by atoms with van der Waals surface area (Å²) in [6.45, 7) is -0.219. The quantitative estimate of drug-likeness (QED) is 0.337. The molecule has 3 aromatic carbocycles. The van der Waals surface area contributed by atoms with E-state index < -0.39 is 18.5 Å². The van der Waals surface area contributed by atoms with Gasteiger partial charge in [0.05, 0.1) is 20.1 Å². The first-order valence-electron chi connectivity index (χ1n) is 11.0. The van der Waals surface area contributed by atoms with Crippen molar-refractivity contribution in [2.75, 3.05) is 32.3 Å². The number of ether oxygens (including phenoxy) is 4. The number of hydrogen-bond acceptors (Lipinski definition) is 7. The van der Waals surface area contributed by atoms with Crippen molar-refractivity contribution in [2.24, 2.45) is 5.92 Å². The zero-order valence-electron chi connectivity index (χ0n) is 19.4. The molecule has 35 heavy (non-hydrogen) atoms. The number of carbonyl (C=O) groups is 3. The number of ketones is 1. The summed E-state index contributed by atoms with van der Waals surface area (Å²) in [6.07, 6.45) is 0.0195. The van der Waals surface area contributed by atoms with E-state index in [1.807, 2.05) is 12.1 Å². The van der Waals surface area contributed by atoms with E-state index in [1.54, 1.807) is 67.8 Å². The molecule has 8 heteroatoms. The molecule has 8 nitrogen and oxygen atoms in total. The normalized spacial score (nSPS) is 15.0. The van der Waals surface area contributed by atoms with Gasteiger partial charge in [-0.3, -0.25) is 14.4 Å². The molecule has 0 spiro atoms. The number of nitrogens with zero attached hydrogens (tertiary/aromatic N) is 1. The topological polar surface area (TPSA) is 91.4 Å². The van der Waals surface area contributed by atoms with E-state index in [0.717, 1.165) is 0 Å². The van der Waals surface area contributed by atoms with Gasteiger partial charge in [0, 0.05) is 24.2 Å². The Morgan fingerprint density at radius 3 is 2.34 bits per heavy atom. The standard InChI is InChI=1S/C27H25NO7/c1-32-22-7-5-6-18(14-22)23(29)17-34-27(31)19-15-26(30)28(16-19)20-10-12-21(13-11-20)35-25-9-4-3-8-24(25)33-2/h3-14,19H,15-17H2,1-2H3/t19-/m1/s1. The Morgan fingerprint density at radius 2 is 1.63 bits per heavy atom. The molecule has 1 fully saturated rings. The maximum absolute atomic E-state index is 12.6. The highest BCUT2D eigenvalue weighted by Crippen LogP contribution is 2.33. The number of amides is 1. The number of para-hydroxylation sites is 2. The van der Waals surface area contributed by atoms with Gasteiger partial charge in [-0.1, -0.05) is 24.3 Å². The first kappa shape index (κ1) is 23.8. The summed E-state index contributed by atoms with van der Waals surface area (Å²) < 4.78 is 21.5. The number of rotatable bonds is 9. The Kier molecular flexibility index (Phi) is 7.30. The monoisotopic (exact) mass is 475 g/mol. The van der Waals surface area contributed by atoms with Crippen LogP contribution in [0.2, 0.25) is 0 Å². The second-order valence-electron chi connectivity index (χ2n) is 7.92. The second kappa shape index (κ2) is 10.7. The van der Waals surface area contributed by atoms with Crippen molar-refractivity contribution in [3.05, 3.63) is 78.4 Å². The minimum atomic E-state index is -0.648. The SMILES string of the molecule is COc1cccc(C(=O)COC(=O)[C@@H]2CC(=O)N(c3ccc(Oc4ccccc4OC)cc3)C2)c1. The number of esters is 1. The molecule has 0 radical (unpaired) electrons. The molecule has 0 saturated carbocycles. The number of anilines is 1. The Bertz CT molecular complexity index is 1220. The molecule has 0 bridgehead atoms. The number of hydrogen-bond donors (Lipinski definition) is 0. The van der Waals surface area contributed by atoms with Gasteiger partial charge in [-0.25, -0.2) is 0 Å². The lowest BCUT2D eigenvalue weighted by Crippen LogP contribution is -2.27. The summed E-state index contributed by atoms with van der Waals surface area (Å²) >= 11 is 0. The third kappa shape index (κ3) is 5.60. The lowest BCUT2D eigenvalue weighted by atomic mass is 10.1. The number of benzene rings is 3. The molecular formula is C27H25NO7. The van der Waals surface area contributed by atoms with Crippen LogP contribution in [0.4, 0.5) is 5.69 Å². The average Bonchev–Trinajstić information content (AvgIpc) is 3.29. The van der Waals surface area contributed by atoms with Crippen molar-refractivity contribution in [1.29, 1.82) is 0 Å². The highest BCUT2D eigenvalue weighted by molar-refractivity contribution is 6.01. The molecule has 0 N–H and O–H groups in total. The fourth-order valence-corrected chi connectivity index (χ4v) is 3.77. The minimum absolute atomic E-state index is 0.0195. The van der Waals surface area contributed by atoms with Crippen LogP contribution >= 0.6 is 0 Å². The van der Waals surface area contributed by atoms with Gasteiger partial charge in [-0.15, -0.1) is 0 Å². The minimum Gasteiger partial charge on any atom is -0.497 e. The van der Waals surface area contributed by atoms with Gasteiger partial charge in [0.1, 0.15) is 11.5 Å². The molecule has 4 rings (SSSR count). The van der Waals surface area contributed by atoms with Crippen molar-refractivity contribution < 1.29 is 33.3 Å². The Balaban J connectivity index is 1.34. The number of carbonyl (C=O) groups excluding carboxylic acids is 3. The number of methoxy groups -OCH3 is 2. The lowest BCUT2D eigenvalue weighted by molar-refractivity contribution is -0.147. The maximum atomic E-state index is 12.6. The first-order chi connectivity index (χ1) is 17.0. The number of Topliss-reactive ketones (excluding diaryl/α,β-unsaturated/α-hetero) is 1. The zero-order chi connectivity index (χ0) is 24.8. The van der Waals surface area contributed by atoms with E-state index in [2.05, 4.69) is 0 Å². The van der Waals surface area contributed by atoms with Crippen molar-refractivity contribution in [2.45, 2.75) is 6.42 Å². The van der Waals surface area contributed by atoms with Crippen molar-refractivity contribution in [3.8, 4) is 23.0 Å². The molecule has 1 atom stereocenters. The first-order valence-corrected chi connectivity index (χ1v) is 11.0. The Morgan fingerprint density at radius 1 is 0.886 bits per heavy atom. The average molecular weight is 475 g/mol. The van der Waals surface area contributed by atoms with Crippen LogP contribution in [0.25, 0.3) is 0 Å². The summed E-state index contributed by atoms with van der Waals surface area (Å²) in [6, 6.07) is 20.9. The summed E-state index contributed by atoms with van der Waals surface area (Å²) in [7, 11) is 3.08. The molecule has 0 aromatic heterocycles. The van der Waals surface area contributed by atoms with E-state index >= 15 is 0 Å². The molecule has 3 aromatic rings. The molecule has 1 amide bonds. The van der Waals surface area contributed by atoms with Gasteiger partial charge >= 0.3 is 5.97 Å². The Hall–Kier alpha value is -4.33. The third-order valence-corrected chi connectivity index (χ3v) is 5.64. The zero-order valence-corrected chi connectivity index (χ0v) is 19.4. The van der Waals surface area contributed by atoms with E-state index in [1.165, 1.54) is 12.0 Å². The van der Waals surface area contributed by atoms with Crippen LogP contribution < -0.4 is 19.1 Å². The van der Waals surface area contributed by atoms with Crippen LogP contribution in [0.5, 0.6) is 23.0 Å². The van der Waals surface area contributed by atoms with Gasteiger partial charge in [-0.2, -0.15) is 0 Å². The molecule has 1 saturated heterocycles. The molecular weight excluding hydrogens is 450 g/mol. The van der Waals surface area contributed by atoms with E-state index in [9.17, 15) is 14.4 Å². The van der Waals surface area contributed by atoms with Crippen LogP contribution in [0.15, 0.2) is 72.8 Å². The summed E-state index contributed by atoms with van der Waals surface area (Å²) in [5.74, 6) is 0.547. The predicted molar refractivity (Wildman–Crippen MR) is 128 cm³/mol. The van der Waals surface area contributed by atoms with Gasteiger partial charge < -0.3 is 23.8 Å². The highest BCUT2D eigenvalue weighted by atomic mass is 16.5. The van der Waals surface area contributed by atoms with Gasteiger partial charge in [0.15, 0.2) is 23.9 Å². The molecule has 1 aliphatic rings. The van der Waals surface area contributed by atoms with E-state index in [0.29, 0.717) is 34.2 Å². The fraction of sp³-hybridized carbons (Fsp3) is 0.222. The smallest absolute Gasteiger partial charge is 0.311 e. The van der Waals surface area contributed by atoms with Crippen molar-refractivity contribution in [1.82, 2.24) is 0 Å². The predicted octanol–water partition coefficient (Wildman–Crippen LogP) is 4.28. The highest BCUT2D eigenvalue weighted by Gasteiger charge is 2.36. The van der Waals surface area contributed by atoms with Gasteiger partial charge in [0.25, 0.3) is 0 Å². The van der Waals surface area contributed by atoms with Crippen molar-refractivity contribution >= 4 is 23.3 Å². The van der Waals surface area contributed by atoms with Crippen LogP contribution in [-0.2, 0) is 14.3 Å². The third-order valence-electron chi connectivity index (χ3n) is 5.64.